The number of hydrogen-bond acceptors (Lipinski definition) is 1. The zero-order valence-electron chi connectivity index (χ0n) is 9.27. The van der Waals surface area contributed by atoms with E-state index in [-0.39, 0.29) is 17.9 Å². The lowest BCUT2D eigenvalue weighted by atomic mass is 9.91. The van der Waals surface area contributed by atoms with Crippen LogP contribution in [-0.4, -0.2) is 5.88 Å². The van der Waals surface area contributed by atoms with Crippen LogP contribution < -0.4 is 0 Å². The van der Waals surface area contributed by atoms with E-state index in [2.05, 4.69) is 0 Å². The molecule has 18 heavy (non-hydrogen) atoms. The lowest BCUT2D eigenvalue weighted by Gasteiger charge is -2.16. The molecule has 0 heterocycles. The first-order valence-corrected chi connectivity index (χ1v) is 5.75. The van der Waals surface area contributed by atoms with Crippen molar-refractivity contribution < 1.29 is 17.6 Å². The van der Waals surface area contributed by atoms with Crippen LogP contribution in [0.3, 0.4) is 0 Å². The van der Waals surface area contributed by atoms with Gasteiger partial charge in [0.05, 0.1) is 17.6 Å². The zero-order chi connectivity index (χ0) is 13.8. The van der Waals surface area contributed by atoms with Crippen molar-refractivity contribution >= 4 is 11.6 Å². The monoisotopic (exact) mass is 279 g/mol. The number of rotatable bonds is 4. The number of benzene rings is 1. The Bertz CT molecular complexity index is 450. The SMILES string of the molecule is N#CC(CCCCl)c1ccc(F)cc1C(F)(F)F. The predicted molar refractivity (Wildman–Crippen MR) is 59.7 cm³/mol. The molecule has 0 saturated heterocycles. The van der Waals surface area contributed by atoms with Gasteiger partial charge in [0.15, 0.2) is 0 Å². The molecular weight excluding hydrogens is 270 g/mol. The second-order valence-corrected chi connectivity index (χ2v) is 4.12. The number of nitrogens with zero attached hydrogens (tertiary/aromatic N) is 1. The molecule has 1 atom stereocenters. The Hall–Kier alpha value is -1.28. The van der Waals surface area contributed by atoms with E-state index in [1.54, 1.807) is 6.07 Å². The van der Waals surface area contributed by atoms with Crippen LogP contribution >= 0.6 is 11.6 Å². The first kappa shape index (κ1) is 14.8. The highest BCUT2D eigenvalue weighted by Gasteiger charge is 2.35. The predicted octanol–water partition coefficient (Wildman–Crippen LogP) is 4.47. The molecule has 0 bridgehead atoms. The van der Waals surface area contributed by atoms with Crippen LogP contribution in [0.5, 0.6) is 0 Å². The molecule has 0 N–H and O–H groups in total. The van der Waals surface area contributed by atoms with Crippen LogP contribution in [0.25, 0.3) is 0 Å². The van der Waals surface area contributed by atoms with Gasteiger partial charge in [-0.15, -0.1) is 11.6 Å². The summed E-state index contributed by atoms with van der Waals surface area (Å²) in [5.74, 6) is -1.64. The van der Waals surface area contributed by atoms with E-state index in [4.69, 9.17) is 16.9 Å². The first-order valence-electron chi connectivity index (χ1n) is 5.22. The molecule has 1 aromatic carbocycles. The Balaban J connectivity index is 3.18. The van der Waals surface area contributed by atoms with Crippen molar-refractivity contribution in [1.29, 1.82) is 5.26 Å². The van der Waals surface area contributed by atoms with E-state index in [0.29, 0.717) is 12.5 Å². The van der Waals surface area contributed by atoms with E-state index in [0.717, 1.165) is 12.1 Å². The lowest BCUT2D eigenvalue weighted by molar-refractivity contribution is -0.138. The Kier molecular flexibility index (Phi) is 4.97. The van der Waals surface area contributed by atoms with Gasteiger partial charge in [-0.3, -0.25) is 0 Å². The third-order valence-corrected chi connectivity index (χ3v) is 2.75. The van der Waals surface area contributed by atoms with E-state index in [1.165, 1.54) is 0 Å². The Morgan fingerprint density at radius 1 is 1.33 bits per heavy atom. The van der Waals surface area contributed by atoms with E-state index >= 15 is 0 Å². The van der Waals surface area contributed by atoms with E-state index in [1.807, 2.05) is 0 Å². The van der Waals surface area contributed by atoms with Crippen LogP contribution in [0.2, 0.25) is 0 Å². The summed E-state index contributed by atoms with van der Waals surface area (Å²) in [6, 6.07) is 4.16. The largest absolute Gasteiger partial charge is 0.416 e. The van der Waals surface area contributed by atoms with Gasteiger partial charge in [-0.1, -0.05) is 6.07 Å². The molecule has 98 valence electrons. The fourth-order valence-electron chi connectivity index (χ4n) is 1.65. The lowest BCUT2D eigenvalue weighted by Crippen LogP contribution is -2.12. The summed E-state index contributed by atoms with van der Waals surface area (Å²) < 4.78 is 51.1. The molecule has 0 aliphatic carbocycles. The van der Waals surface area contributed by atoms with Crippen molar-refractivity contribution in [3.05, 3.63) is 35.1 Å². The highest BCUT2D eigenvalue weighted by atomic mass is 35.5. The molecule has 0 aliphatic heterocycles. The van der Waals surface area contributed by atoms with Crippen molar-refractivity contribution in [3.63, 3.8) is 0 Å². The summed E-state index contributed by atoms with van der Waals surface area (Å²) in [7, 11) is 0. The average molecular weight is 280 g/mol. The number of halogens is 5. The maximum absolute atomic E-state index is 12.9. The van der Waals surface area contributed by atoms with Gasteiger partial charge < -0.3 is 0 Å². The third-order valence-electron chi connectivity index (χ3n) is 2.48. The maximum Gasteiger partial charge on any atom is 0.416 e. The van der Waals surface area contributed by atoms with Gasteiger partial charge in [-0.25, -0.2) is 4.39 Å². The van der Waals surface area contributed by atoms with Gasteiger partial charge in [-0.05, 0) is 30.5 Å². The first-order chi connectivity index (χ1) is 8.40. The summed E-state index contributed by atoms with van der Waals surface area (Å²) in [5.41, 5.74) is -1.29. The minimum absolute atomic E-state index is 0.198. The smallest absolute Gasteiger partial charge is 0.207 e. The van der Waals surface area contributed by atoms with E-state index in [9.17, 15) is 17.6 Å². The highest BCUT2D eigenvalue weighted by molar-refractivity contribution is 6.17. The van der Waals surface area contributed by atoms with Crippen LogP contribution in [0.4, 0.5) is 17.6 Å². The summed E-state index contributed by atoms with van der Waals surface area (Å²) in [6.07, 6.45) is -4.03. The van der Waals surface area contributed by atoms with Crippen LogP contribution in [0, 0.1) is 17.1 Å². The number of nitriles is 1. The Morgan fingerprint density at radius 3 is 2.50 bits per heavy atom. The minimum Gasteiger partial charge on any atom is -0.207 e. The van der Waals surface area contributed by atoms with Crippen molar-refractivity contribution in [2.45, 2.75) is 24.9 Å². The zero-order valence-corrected chi connectivity index (χ0v) is 10.0. The van der Waals surface area contributed by atoms with Crippen LogP contribution in [-0.2, 0) is 6.18 Å². The summed E-state index contributed by atoms with van der Waals surface area (Å²) in [6.45, 7) is 0. The standard InChI is InChI=1S/C12H10ClF4N/c13-5-1-2-8(7-18)10-4-3-9(14)6-11(10)12(15,16)17/h3-4,6,8H,1-2,5H2. The Labute approximate surface area is 107 Å². The van der Waals surface area contributed by atoms with Crippen molar-refractivity contribution in [3.8, 4) is 6.07 Å². The topological polar surface area (TPSA) is 23.8 Å². The van der Waals surface area contributed by atoms with E-state index < -0.39 is 23.5 Å². The second-order valence-electron chi connectivity index (χ2n) is 3.74. The molecule has 0 spiro atoms. The van der Waals surface area contributed by atoms with Crippen molar-refractivity contribution in [1.82, 2.24) is 0 Å². The number of hydrogen-bond donors (Lipinski definition) is 0. The average Bonchev–Trinajstić information content (AvgIpc) is 2.30. The third kappa shape index (κ3) is 3.61. The van der Waals surface area contributed by atoms with Gasteiger partial charge in [-0.2, -0.15) is 18.4 Å². The molecule has 0 radical (unpaired) electrons. The molecule has 1 aromatic rings. The summed E-state index contributed by atoms with van der Waals surface area (Å²) in [5, 5.41) is 8.91. The molecule has 0 amide bonds. The molecule has 0 fully saturated rings. The fourth-order valence-corrected chi connectivity index (χ4v) is 1.80. The van der Waals surface area contributed by atoms with Gasteiger partial charge in [0.25, 0.3) is 0 Å². The summed E-state index contributed by atoms with van der Waals surface area (Å²) >= 11 is 5.45. The van der Waals surface area contributed by atoms with Gasteiger partial charge in [0, 0.05) is 5.88 Å². The normalized spacial score (nSPS) is 13.1. The molecule has 6 heteroatoms. The molecule has 1 unspecified atom stereocenters. The van der Waals surface area contributed by atoms with Gasteiger partial charge in [0.2, 0.25) is 0 Å². The fraction of sp³-hybridized carbons (Fsp3) is 0.417. The van der Waals surface area contributed by atoms with Crippen molar-refractivity contribution in [2.75, 3.05) is 5.88 Å². The van der Waals surface area contributed by atoms with Crippen LogP contribution in [0.15, 0.2) is 18.2 Å². The number of alkyl halides is 4. The van der Waals surface area contributed by atoms with Gasteiger partial charge in [0.1, 0.15) is 5.82 Å². The minimum atomic E-state index is -4.67. The Morgan fingerprint density at radius 2 is 2.00 bits per heavy atom. The second kappa shape index (κ2) is 6.05. The molecule has 1 nitrogen and oxygen atoms in total. The quantitative estimate of drug-likeness (QED) is 0.589. The highest BCUT2D eigenvalue weighted by Crippen LogP contribution is 2.36. The molecule has 0 aromatic heterocycles. The summed E-state index contributed by atoms with van der Waals surface area (Å²) in [4.78, 5) is 0. The van der Waals surface area contributed by atoms with Gasteiger partial charge >= 0.3 is 6.18 Å². The molecular formula is C12H10ClF4N. The molecule has 1 rings (SSSR count). The maximum atomic E-state index is 12.9. The van der Waals surface area contributed by atoms with Crippen molar-refractivity contribution in [2.24, 2.45) is 0 Å². The molecule has 0 saturated carbocycles. The molecule has 0 aliphatic rings. The van der Waals surface area contributed by atoms with Crippen LogP contribution in [0.1, 0.15) is 29.9 Å².